The molecule has 1 aromatic heterocycles. The number of thioether (sulfide) groups is 1. The first-order chi connectivity index (χ1) is 10.1. The molecule has 108 valence electrons. The first-order valence-electron chi connectivity index (χ1n) is 6.09. The lowest BCUT2D eigenvalue weighted by molar-refractivity contribution is -0.141. The Hall–Kier alpha value is -2.40. The molecule has 21 heavy (non-hydrogen) atoms. The monoisotopic (exact) mass is 303 g/mol. The van der Waals surface area contributed by atoms with E-state index in [2.05, 4.69) is 26.3 Å². The van der Waals surface area contributed by atoms with E-state index in [9.17, 15) is 4.79 Å². The molecular formula is C13H13N5O2S. The number of hydrogen-bond donors (Lipinski definition) is 0. The van der Waals surface area contributed by atoms with Crippen LogP contribution < -0.4 is 0 Å². The molecule has 0 amide bonds. The second-order valence-electron chi connectivity index (χ2n) is 4.24. The Bertz CT molecular complexity index is 692. The fourth-order valence-electron chi connectivity index (χ4n) is 1.66. The van der Waals surface area contributed by atoms with Gasteiger partial charge in [0.25, 0.3) is 0 Å². The Labute approximate surface area is 125 Å². The lowest BCUT2D eigenvalue weighted by atomic mass is 10.1. The molecule has 8 heteroatoms. The van der Waals surface area contributed by atoms with Gasteiger partial charge in [0.2, 0.25) is 5.16 Å². The molecule has 0 fully saturated rings. The highest BCUT2D eigenvalue weighted by Crippen LogP contribution is 2.22. The predicted molar refractivity (Wildman–Crippen MR) is 75.3 cm³/mol. The van der Waals surface area contributed by atoms with E-state index in [1.165, 1.54) is 23.6 Å². The molecule has 2 rings (SSSR count). The van der Waals surface area contributed by atoms with Crippen molar-refractivity contribution in [1.29, 1.82) is 5.26 Å². The number of methoxy groups -OCH3 is 1. The van der Waals surface area contributed by atoms with Gasteiger partial charge in [0.15, 0.2) is 0 Å². The summed E-state index contributed by atoms with van der Waals surface area (Å²) in [6.07, 6.45) is 0. The molecule has 2 aromatic rings. The SMILES string of the molecule is COC(=O)Cn1nnnc1SCc1ccc(C#N)cc1C. The van der Waals surface area contributed by atoms with Gasteiger partial charge < -0.3 is 4.74 Å². The molecule has 0 atom stereocenters. The Morgan fingerprint density at radius 1 is 1.52 bits per heavy atom. The summed E-state index contributed by atoms with van der Waals surface area (Å²) >= 11 is 1.42. The minimum absolute atomic E-state index is 0.0157. The third kappa shape index (κ3) is 3.79. The summed E-state index contributed by atoms with van der Waals surface area (Å²) < 4.78 is 5.99. The summed E-state index contributed by atoms with van der Waals surface area (Å²) in [5.74, 6) is 0.248. The van der Waals surface area contributed by atoms with Gasteiger partial charge in [-0.3, -0.25) is 4.79 Å². The Morgan fingerprint density at radius 2 is 2.33 bits per heavy atom. The van der Waals surface area contributed by atoms with Gasteiger partial charge in [-0.25, -0.2) is 4.68 Å². The van der Waals surface area contributed by atoms with E-state index in [1.807, 2.05) is 19.1 Å². The Balaban J connectivity index is 2.05. The van der Waals surface area contributed by atoms with E-state index in [0.29, 0.717) is 16.5 Å². The molecule has 0 radical (unpaired) electrons. The van der Waals surface area contributed by atoms with Gasteiger partial charge >= 0.3 is 5.97 Å². The molecule has 0 saturated heterocycles. The summed E-state index contributed by atoms with van der Waals surface area (Å²) in [6, 6.07) is 7.64. The molecule has 1 heterocycles. The second kappa shape index (κ2) is 6.85. The lowest BCUT2D eigenvalue weighted by Gasteiger charge is -2.06. The minimum atomic E-state index is -0.404. The molecule has 0 spiro atoms. The molecular weight excluding hydrogens is 290 g/mol. The number of benzene rings is 1. The average molecular weight is 303 g/mol. The zero-order valence-corrected chi connectivity index (χ0v) is 12.4. The van der Waals surface area contributed by atoms with E-state index in [-0.39, 0.29) is 6.54 Å². The smallest absolute Gasteiger partial charge is 0.327 e. The van der Waals surface area contributed by atoms with E-state index in [1.54, 1.807) is 6.07 Å². The second-order valence-corrected chi connectivity index (χ2v) is 5.18. The highest BCUT2D eigenvalue weighted by atomic mass is 32.2. The van der Waals surface area contributed by atoms with Gasteiger partial charge in [0.05, 0.1) is 18.7 Å². The van der Waals surface area contributed by atoms with Crippen LogP contribution in [0.1, 0.15) is 16.7 Å². The molecule has 0 saturated carbocycles. The summed E-state index contributed by atoms with van der Waals surface area (Å²) in [5.41, 5.74) is 2.76. The molecule has 1 aromatic carbocycles. The summed E-state index contributed by atoms with van der Waals surface area (Å²) in [4.78, 5) is 11.3. The normalized spacial score (nSPS) is 10.1. The van der Waals surface area contributed by atoms with Crippen molar-refractivity contribution in [1.82, 2.24) is 20.2 Å². The largest absolute Gasteiger partial charge is 0.468 e. The maximum absolute atomic E-state index is 11.3. The van der Waals surface area contributed by atoms with Crippen LogP contribution in [0.15, 0.2) is 23.4 Å². The van der Waals surface area contributed by atoms with Crippen LogP contribution in [0.4, 0.5) is 0 Å². The van der Waals surface area contributed by atoms with Crippen molar-refractivity contribution in [3.05, 3.63) is 34.9 Å². The maximum Gasteiger partial charge on any atom is 0.327 e. The molecule has 0 aliphatic heterocycles. The van der Waals surface area contributed by atoms with Gasteiger partial charge in [0, 0.05) is 5.75 Å². The van der Waals surface area contributed by atoms with Gasteiger partial charge in [-0.05, 0) is 40.6 Å². The molecule has 0 aliphatic carbocycles. The maximum atomic E-state index is 11.3. The number of esters is 1. The van der Waals surface area contributed by atoms with Crippen LogP contribution in [0.3, 0.4) is 0 Å². The van der Waals surface area contributed by atoms with E-state index in [4.69, 9.17) is 5.26 Å². The van der Waals surface area contributed by atoms with Gasteiger partial charge in [0.1, 0.15) is 6.54 Å². The minimum Gasteiger partial charge on any atom is -0.468 e. The fraction of sp³-hybridized carbons (Fsp3) is 0.308. The first kappa shape index (κ1) is 15.0. The topological polar surface area (TPSA) is 93.7 Å². The van der Waals surface area contributed by atoms with Crippen LogP contribution in [0.5, 0.6) is 0 Å². The van der Waals surface area contributed by atoms with Gasteiger partial charge in [-0.2, -0.15) is 5.26 Å². The molecule has 0 aliphatic rings. The van der Waals surface area contributed by atoms with Crippen LogP contribution in [-0.4, -0.2) is 33.3 Å². The van der Waals surface area contributed by atoms with Crippen molar-refractivity contribution in [2.75, 3.05) is 7.11 Å². The van der Waals surface area contributed by atoms with Gasteiger partial charge in [-0.1, -0.05) is 17.8 Å². The van der Waals surface area contributed by atoms with Crippen molar-refractivity contribution >= 4 is 17.7 Å². The molecule has 0 bridgehead atoms. The predicted octanol–water partition coefficient (Wildman–Crippen LogP) is 1.32. The molecule has 7 nitrogen and oxygen atoms in total. The van der Waals surface area contributed by atoms with Crippen LogP contribution in [0, 0.1) is 18.3 Å². The number of nitriles is 1. The van der Waals surface area contributed by atoms with Crippen molar-refractivity contribution in [3.8, 4) is 6.07 Å². The lowest BCUT2D eigenvalue weighted by Crippen LogP contribution is -2.13. The third-order valence-electron chi connectivity index (χ3n) is 2.83. The van der Waals surface area contributed by atoms with E-state index in [0.717, 1.165) is 11.1 Å². The summed E-state index contributed by atoms with van der Waals surface area (Å²) in [6.45, 7) is 1.94. The van der Waals surface area contributed by atoms with Crippen LogP contribution >= 0.6 is 11.8 Å². The number of nitrogens with zero attached hydrogens (tertiary/aromatic N) is 5. The number of aromatic nitrogens is 4. The third-order valence-corrected chi connectivity index (χ3v) is 3.84. The Kier molecular flexibility index (Phi) is 4.90. The van der Waals surface area contributed by atoms with Crippen molar-refractivity contribution in [2.24, 2.45) is 0 Å². The van der Waals surface area contributed by atoms with E-state index >= 15 is 0 Å². The van der Waals surface area contributed by atoms with Crippen molar-refractivity contribution < 1.29 is 9.53 Å². The van der Waals surface area contributed by atoms with Crippen LogP contribution in [0.25, 0.3) is 0 Å². The average Bonchev–Trinajstić information content (AvgIpc) is 2.92. The highest BCUT2D eigenvalue weighted by molar-refractivity contribution is 7.98. The van der Waals surface area contributed by atoms with E-state index < -0.39 is 5.97 Å². The summed E-state index contributed by atoms with van der Waals surface area (Å²) in [5, 5.41) is 20.6. The zero-order chi connectivity index (χ0) is 15.2. The first-order valence-corrected chi connectivity index (χ1v) is 7.08. The number of carbonyl (C=O) groups excluding carboxylic acids is 1. The number of rotatable bonds is 5. The molecule has 0 N–H and O–H groups in total. The quantitative estimate of drug-likeness (QED) is 0.607. The highest BCUT2D eigenvalue weighted by Gasteiger charge is 2.12. The Morgan fingerprint density at radius 3 is 3.00 bits per heavy atom. The van der Waals surface area contributed by atoms with Gasteiger partial charge in [-0.15, -0.1) is 5.10 Å². The number of ether oxygens (including phenoxy) is 1. The van der Waals surface area contributed by atoms with Crippen molar-refractivity contribution in [2.45, 2.75) is 24.4 Å². The van der Waals surface area contributed by atoms with Crippen LogP contribution in [0.2, 0.25) is 0 Å². The van der Waals surface area contributed by atoms with Crippen molar-refractivity contribution in [3.63, 3.8) is 0 Å². The van der Waals surface area contributed by atoms with Crippen LogP contribution in [-0.2, 0) is 21.8 Å². The zero-order valence-electron chi connectivity index (χ0n) is 11.6. The number of hydrogen-bond acceptors (Lipinski definition) is 7. The number of aryl methyl sites for hydroxylation is 1. The standard InChI is InChI=1S/C13H13N5O2S/c1-9-5-10(6-14)3-4-11(9)8-21-13-15-16-17-18(13)7-12(19)20-2/h3-5H,7-8H2,1-2H3. The number of carbonyl (C=O) groups is 1. The molecule has 0 unspecified atom stereocenters. The fourth-order valence-corrected chi connectivity index (χ4v) is 2.61. The summed E-state index contributed by atoms with van der Waals surface area (Å²) in [7, 11) is 1.32. The number of tetrazole rings is 1.